The SMILES string of the molecule is Cl.Cl.NC(C(=O)NC1CCN(Cc2ccccc2)CC1)C1CCOCC1. The summed E-state index contributed by atoms with van der Waals surface area (Å²) in [5.41, 5.74) is 7.51. The fourth-order valence-corrected chi connectivity index (χ4v) is 3.66. The Labute approximate surface area is 168 Å². The van der Waals surface area contributed by atoms with Crippen molar-refractivity contribution in [3.63, 3.8) is 0 Å². The minimum atomic E-state index is -0.392. The fourth-order valence-electron chi connectivity index (χ4n) is 3.66. The third kappa shape index (κ3) is 6.71. The predicted octanol–water partition coefficient (Wildman–Crippen LogP) is 2.36. The van der Waals surface area contributed by atoms with Crippen LogP contribution in [-0.2, 0) is 16.1 Å². The molecular formula is C19H31Cl2N3O2. The average Bonchev–Trinajstić information content (AvgIpc) is 2.64. The van der Waals surface area contributed by atoms with Crippen LogP contribution in [0.4, 0.5) is 0 Å². The van der Waals surface area contributed by atoms with Crippen molar-refractivity contribution < 1.29 is 9.53 Å². The molecule has 0 aliphatic carbocycles. The Hall–Kier alpha value is -0.850. The zero-order chi connectivity index (χ0) is 16.8. The molecule has 2 aliphatic heterocycles. The average molecular weight is 404 g/mol. The molecule has 3 rings (SSSR count). The Morgan fingerprint density at radius 2 is 1.73 bits per heavy atom. The number of hydrogen-bond acceptors (Lipinski definition) is 4. The van der Waals surface area contributed by atoms with Crippen molar-refractivity contribution in [3.8, 4) is 0 Å². The lowest BCUT2D eigenvalue weighted by Crippen LogP contribution is -2.52. The fraction of sp³-hybridized carbons (Fsp3) is 0.632. The third-order valence-electron chi connectivity index (χ3n) is 5.26. The maximum atomic E-state index is 12.4. The van der Waals surface area contributed by atoms with E-state index in [0.29, 0.717) is 0 Å². The Kier molecular flexibility index (Phi) is 10.5. The van der Waals surface area contributed by atoms with Gasteiger partial charge in [-0.2, -0.15) is 0 Å². The molecule has 0 radical (unpaired) electrons. The number of carbonyl (C=O) groups excluding carboxylic acids is 1. The number of halogens is 2. The Morgan fingerprint density at radius 1 is 1.12 bits per heavy atom. The summed E-state index contributed by atoms with van der Waals surface area (Å²) in [6.07, 6.45) is 3.78. The van der Waals surface area contributed by atoms with Gasteiger partial charge in [-0.1, -0.05) is 30.3 Å². The van der Waals surface area contributed by atoms with Crippen LogP contribution in [0.3, 0.4) is 0 Å². The van der Waals surface area contributed by atoms with Crippen LogP contribution in [0.5, 0.6) is 0 Å². The first kappa shape index (κ1) is 23.2. The first-order chi connectivity index (χ1) is 11.7. The van der Waals surface area contributed by atoms with Crippen molar-refractivity contribution in [2.75, 3.05) is 26.3 Å². The highest BCUT2D eigenvalue weighted by molar-refractivity contribution is 5.85. The van der Waals surface area contributed by atoms with Crippen molar-refractivity contribution >= 4 is 30.7 Å². The van der Waals surface area contributed by atoms with Crippen LogP contribution < -0.4 is 11.1 Å². The molecule has 1 unspecified atom stereocenters. The van der Waals surface area contributed by atoms with Gasteiger partial charge in [-0.05, 0) is 37.2 Å². The van der Waals surface area contributed by atoms with E-state index in [-0.39, 0.29) is 42.7 Å². The molecule has 0 aromatic heterocycles. The van der Waals surface area contributed by atoms with Gasteiger partial charge in [0.25, 0.3) is 0 Å². The molecule has 1 aromatic carbocycles. The van der Waals surface area contributed by atoms with E-state index >= 15 is 0 Å². The number of carbonyl (C=O) groups is 1. The van der Waals surface area contributed by atoms with E-state index in [1.54, 1.807) is 0 Å². The van der Waals surface area contributed by atoms with Crippen molar-refractivity contribution in [2.45, 2.75) is 44.3 Å². The van der Waals surface area contributed by atoms with Gasteiger partial charge in [-0.3, -0.25) is 9.69 Å². The molecular weight excluding hydrogens is 373 g/mol. The summed E-state index contributed by atoms with van der Waals surface area (Å²) in [5.74, 6) is 0.278. The van der Waals surface area contributed by atoms with Crippen LogP contribution in [0.15, 0.2) is 30.3 Å². The van der Waals surface area contributed by atoms with E-state index in [2.05, 4.69) is 34.5 Å². The highest BCUT2D eigenvalue weighted by Gasteiger charge is 2.29. The van der Waals surface area contributed by atoms with Crippen LogP contribution >= 0.6 is 24.8 Å². The summed E-state index contributed by atoms with van der Waals surface area (Å²) < 4.78 is 5.35. The van der Waals surface area contributed by atoms with Crippen LogP contribution in [0.25, 0.3) is 0 Å². The lowest BCUT2D eigenvalue weighted by atomic mass is 9.91. The molecule has 26 heavy (non-hydrogen) atoms. The van der Waals surface area contributed by atoms with E-state index in [1.165, 1.54) is 5.56 Å². The standard InChI is InChI=1S/C19H29N3O2.2ClH/c20-18(16-8-12-24-13-9-16)19(23)21-17-6-10-22(11-7-17)14-15-4-2-1-3-5-15;;/h1-5,16-18H,6-14,20H2,(H,21,23);2*1H. The first-order valence-electron chi connectivity index (χ1n) is 9.12. The summed E-state index contributed by atoms with van der Waals surface area (Å²) in [5, 5.41) is 3.17. The van der Waals surface area contributed by atoms with Crippen molar-refractivity contribution in [1.29, 1.82) is 0 Å². The maximum Gasteiger partial charge on any atom is 0.237 e. The Balaban J connectivity index is 0.00000169. The molecule has 2 saturated heterocycles. The normalized spacial score (nSPS) is 20.5. The molecule has 1 aromatic rings. The van der Waals surface area contributed by atoms with Crippen molar-refractivity contribution in [1.82, 2.24) is 10.2 Å². The monoisotopic (exact) mass is 403 g/mol. The van der Waals surface area contributed by atoms with Gasteiger partial charge in [0.2, 0.25) is 5.91 Å². The van der Waals surface area contributed by atoms with Gasteiger partial charge in [0.15, 0.2) is 0 Å². The molecule has 1 amide bonds. The molecule has 7 heteroatoms. The number of amides is 1. The van der Waals surface area contributed by atoms with E-state index in [1.807, 2.05) is 6.07 Å². The molecule has 2 fully saturated rings. The van der Waals surface area contributed by atoms with Crippen molar-refractivity contribution in [3.05, 3.63) is 35.9 Å². The van der Waals surface area contributed by atoms with Crippen LogP contribution in [0.1, 0.15) is 31.2 Å². The lowest BCUT2D eigenvalue weighted by molar-refractivity contribution is -0.125. The molecule has 1 atom stereocenters. The minimum absolute atomic E-state index is 0. The quantitative estimate of drug-likeness (QED) is 0.791. The molecule has 0 spiro atoms. The summed E-state index contributed by atoms with van der Waals surface area (Å²) in [6.45, 7) is 4.48. The summed E-state index contributed by atoms with van der Waals surface area (Å²) in [7, 11) is 0. The van der Waals surface area contributed by atoms with E-state index < -0.39 is 6.04 Å². The van der Waals surface area contributed by atoms with Crippen LogP contribution in [-0.4, -0.2) is 49.2 Å². The van der Waals surface area contributed by atoms with Gasteiger partial charge >= 0.3 is 0 Å². The molecule has 0 saturated carbocycles. The zero-order valence-corrected chi connectivity index (χ0v) is 16.8. The second-order valence-electron chi connectivity index (χ2n) is 7.02. The largest absolute Gasteiger partial charge is 0.381 e. The lowest BCUT2D eigenvalue weighted by Gasteiger charge is -2.34. The zero-order valence-electron chi connectivity index (χ0n) is 15.1. The summed E-state index contributed by atoms with van der Waals surface area (Å²) >= 11 is 0. The van der Waals surface area contributed by atoms with E-state index in [4.69, 9.17) is 10.5 Å². The third-order valence-corrected chi connectivity index (χ3v) is 5.26. The van der Waals surface area contributed by atoms with Crippen LogP contribution in [0, 0.1) is 5.92 Å². The topological polar surface area (TPSA) is 67.6 Å². The maximum absolute atomic E-state index is 12.4. The summed E-state index contributed by atoms with van der Waals surface area (Å²) in [6, 6.07) is 10.4. The van der Waals surface area contributed by atoms with E-state index in [0.717, 1.165) is 58.5 Å². The van der Waals surface area contributed by atoms with Gasteiger partial charge < -0.3 is 15.8 Å². The van der Waals surface area contributed by atoms with E-state index in [9.17, 15) is 4.79 Å². The second-order valence-corrected chi connectivity index (χ2v) is 7.02. The first-order valence-corrected chi connectivity index (χ1v) is 9.12. The number of nitrogens with one attached hydrogen (secondary N) is 1. The molecule has 3 N–H and O–H groups in total. The van der Waals surface area contributed by atoms with Gasteiger partial charge in [0.05, 0.1) is 6.04 Å². The Bertz CT molecular complexity index is 519. The number of hydrogen-bond donors (Lipinski definition) is 2. The highest BCUT2D eigenvalue weighted by atomic mass is 35.5. The van der Waals surface area contributed by atoms with Gasteiger partial charge in [0, 0.05) is 38.9 Å². The molecule has 0 bridgehead atoms. The van der Waals surface area contributed by atoms with Gasteiger partial charge in [0.1, 0.15) is 0 Å². The molecule has 5 nitrogen and oxygen atoms in total. The summed E-state index contributed by atoms with van der Waals surface area (Å²) in [4.78, 5) is 14.8. The number of rotatable bonds is 5. The Morgan fingerprint density at radius 3 is 2.35 bits per heavy atom. The molecule has 2 heterocycles. The van der Waals surface area contributed by atoms with Gasteiger partial charge in [-0.25, -0.2) is 0 Å². The van der Waals surface area contributed by atoms with Crippen LogP contribution in [0.2, 0.25) is 0 Å². The predicted molar refractivity (Wildman–Crippen MR) is 109 cm³/mol. The van der Waals surface area contributed by atoms with Gasteiger partial charge in [-0.15, -0.1) is 24.8 Å². The number of likely N-dealkylation sites (tertiary alicyclic amines) is 1. The highest BCUT2D eigenvalue weighted by Crippen LogP contribution is 2.19. The number of nitrogens with zero attached hydrogens (tertiary/aromatic N) is 1. The molecule has 148 valence electrons. The second kappa shape index (κ2) is 11.8. The number of ether oxygens (including phenoxy) is 1. The molecule has 2 aliphatic rings. The van der Waals surface area contributed by atoms with Crippen molar-refractivity contribution in [2.24, 2.45) is 11.7 Å². The number of piperidine rings is 1. The number of nitrogens with two attached hydrogens (primary N) is 1. The smallest absolute Gasteiger partial charge is 0.237 e. The number of benzene rings is 1. The minimum Gasteiger partial charge on any atom is -0.381 e.